The Hall–Kier alpha value is -2.69. The van der Waals surface area contributed by atoms with Crippen molar-refractivity contribution in [3.8, 4) is 11.3 Å². The van der Waals surface area contributed by atoms with Gasteiger partial charge in [-0.15, -0.1) is 0 Å². The number of fused-ring (bicyclic) bond motifs is 3. The number of likely N-dealkylation sites (tertiary alicyclic amines) is 1. The number of carbonyl (C=O) groups is 1. The minimum atomic E-state index is -0.0771. The summed E-state index contributed by atoms with van der Waals surface area (Å²) in [5.41, 5.74) is 4.36. The van der Waals surface area contributed by atoms with Crippen molar-refractivity contribution in [3.63, 3.8) is 0 Å². The van der Waals surface area contributed by atoms with Crippen LogP contribution in [0.4, 0.5) is 0 Å². The highest BCUT2D eigenvalue weighted by Gasteiger charge is 2.52. The molecule has 1 saturated heterocycles. The minimum absolute atomic E-state index is 0.0771. The summed E-state index contributed by atoms with van der Waals surface area (Å²) in [7, 11) is 0. The Morgan fingerprint density at radius 3 is 2.75 bits per heavy atom. The predicted molar refractivity (Wildman–Crippen MR) is 108 cm³/mol. The van der Waals surface area contributed by atoms with Gasteiger partial charge in [0.05, 0.1) is 11.2 Å². The van der Waals surface area contributed by atoms with Gasteiger partial charge in [-0.05, 0) is 43.9 Å². The third kappa shape index (κ3) is 2.28. The van der Waals surface area contributed by atoms with Crippen LogP contribution in [0.15, 0.2) is 42.6 Å². The maximum Gasteiger partial charge on any atom is 0.228 e. The van der Waals surface area contributed by atoms with E-state index in [0.717, 1.165) is 67.5 Å². The maximum absolute atomic E-state index is 12.8. The molecule has 2 fully saturated rings. The largest absolute Gasteiger partial charge is 0.341 e. The van der Waals surface area contributed by atoms with E-state index >= 15 is 0 Å². The van der Waals surface area contributed by atoms with Crippen molar-refractivity contribution in [2.45, 2.75) is 44.6 Å². The predicted octanol–water partition coefficient (Wildman–Crippen LogP) is 3.77. The number of hydrogen-bond donors (Lipinski definition) is 0. The van der Waals surface area contributed by atoms with Gasteiger partial charge in [0.15, 0.2) is 0 Å². The average Bonchev–Trinajstić information content (AvgIpc) is 3.09. The highest BCUT2D eigenvalue weighted by atomic mass is 16.2. The second-order valence-corrected chi connectivity index (χ2v) is 9.12. The van der Waals surface area contributed by atoms with Gasteiger partial charge in [0, 0.05) is 53.3 Å². The third-order valence-corrected chi connectivity index (χ3v) is 7.17. The lowest BCUT2D eigenvalue weighted by atomic mass is 9.82. The van der Waals surface area contributed by atoms with Crippen LogP contribution in [-0.4, -0.2) is 38.7 Å². The molecule has 1 atom stereocenters. The summed E-state index contributed by atoms with van der Waals surface area (Å²) in [5.74, 6) is 0.362. The Morgan fingerprint density at radius 2 is 1.89 bits per heavy atom. The van der Waals surface area contributed by atoms with Crippen molar-refractivity contribution in [3.05, 3.63) is 48.3 Å². The molecule has 142 valence electrons. The molecule has 3 aliphatic rings. The SMILES string of the molecule is CC1(C(=O)N2CCC3(CCn4nc(-c5cnc6ccccc6c5)cc43)C2)CC1. The van der Waals surface area contributed by atoms with Crippen LogP contribution < -0.4 is 0 Å². The van der Waals surface area contributed by atoms with E-state index in [0.29, 0.717) is 5.91 Å². The lowest BCUT2D eigenvalue weighted by Crippen LogP contribution is -2.37. The number of hydrogen-bond acceptors (Lipinski definition) is 3. The van der Waals surface area contributed by atoms with Crippen LogP contribution in [0, 0.1) is 5.41 Å². The lowest BCUT2D eigenvalue weighted by Gasteiger charge is -2.25. The topological polar surface area (TPSA) is 51.0 Å². The van der Waals surface area contributed by atoms with E-state index in [1.165, 1.54) is 5.69 Å². The Labute approximate surface area is 164 Å². The van der Waals surface area contributed by atoms with Gasteiger partial charge in [-0.2, -0.15) is 5.10 Å². The fourth-order valence-electron chi connectivity index (χ4n) is 5.06. The van der Waals surface area contributed by atoms with E-state index in [1.807, 2.05) is 24.4 Å². The molecule has 2 aromatic heterocycles. The zero-order valence-electron chi connectivity index (χ0n) is 16.2. The van der Waals surface area contributed by atoms with Crippen LogP contribution in [0.1, 0.15) is 38.3 Å². The molecule has 6 rings (SSSR count). The van der Waals surface area contributed by atoms with Crippen LogP contribution >= 0.6 is 0 Å². The van der Waals surface area contributed by atoms with Gasteiger partial charge in [0.25, 0.3) is 0 Å². The molecule has 5 heteroatoms. The van der Waals surface area contributed by atoms with Crippen LogP contribution in [0.2, 0.25) is 0 Å². The lowest BCUT2D eigenvalue weighted by molar-refractivity contribution is -0.135. The molecule has 1 saturated carbocycles. The molecule has 2 aliphatic heterocycles. The second-order valence-electron chi connectivity index (χ2n) is 9.12. The van der Waals surface area contributed by atoms with Gasteiger partial charge in [0.1, 0.15) is 0 Å². The van der Waals surface area contributed by atoms with Crippen molar-refractivity contribution in [1.29, 1.82) is 0 Å². The standard InChI is InChI=1S/C23H24N4O/c1-22(6-7-22)21(28)26-10-8-23(15-26)9-11-27-20(23)13-19(25-27)17-12-16-4-2-3-5-18(16)24-14-17/h2-5,12-14H,6-11,15H2,1H3. The van der Waals surface area contributed by atoms with Gasteiger partial charge < -0.3 is 4.90 Å². The molecule has 28 heavy (non-hydrogen) atoms. The first-order valence-corrected chi connectivity index (χ1v) is 10.3. The monoisotopic (exact) mass is 372 g/mol. The molecular weight excluding hydrogens is 348 g/mol. The number of amides is 1. The number of aryl methyl sites for hydroxylation is 1. The highest BCUT2D eigenvalue weighted by molar-refractivity contribution is 5.85. The number of nitrogens with zero attached hydrogens (tertiary/aromatic N) is 4. The fraction of sp³-hybridized carbons (Fsp3) is 0.435. The van der Waals surface area contributed by atoms with Crippen molar-refractivity contribution in [2.24, 2.45) is 5.41 Å². The van der Waals surface area contributed by atoms with Crippen molar-refractivity contribution < 1.29 is 4.79 Å². The summed E-state index contributed by atoms with van der Waals surface area (Å²) in [6, 6.07) is 12.6. The molecule has 0 radical (unpaired) electrons. The molecule has 0 bridgehead atoms. The third-order valence-electron chi connectivity index (χ3n) is 7.17. The number of pyridine rings is 1. The first kappa shape index (κ1) is 16.3. The van der Waals surface area contributed by atoms with Gasteiger partial charge in [-0.25, -0.2) is 0 Å². The number of carbonyl (C=O) groups excluding carboxylic acids is 1. The fourth-order valence-corrected chi connectivity index (χ4v) is 5.06. The van der Waals surface area contributed by atoms with Crippen LogP contribution in [-0.2, 0) is 16.8 Å². The van der Waals surface area contributed by atoms with E-state index in [2.05, 4.69) is 39.7 Å². The summed E-state index contributed by atoms with van der Waals surface area (Å²) in [5, 5.41) is 6.03. The molecule has 3 aromatic rings. The summed E-state index contributed by atoms with van der Waals surface area (Å²) in [6.45, 7) is 4.79. The van der Waals surface area contributed by atoms with Crippen molar-refractivity contribution >= 4 is 16.8 Å². The Kier molecular flexibility index (Phi) is 3.16. The van der Waals surface area contributed by atoms with Gasteiger partial charge in [0.2, 0.25) is 5.91 Å². The molecule has 5 nitrogen and oxygen atoms in total. The smallest absolute Gasteiger partial charge is 0.228 e. The van der Waals surface area contributed by atoms with E-state index in [9.17, 15) is 4.79 Å². The molecule has 1 spiro atoms. The maximum atomic E-state index is 12.8. The Bertz CT molecular complexity index is 1110. The number of benzene rings is 1. The van der Waals surface area contributed by atoms with Gasteiger partial charge in [-0.1, -0.05) is 25.1 Å². The summed E-state index contributed by atoms with van der Waals surface area (Å²) in [4.78, 5) is 19.5. The van der Waals surface area contributed by atoms with E-state index in [4.69, 9.17) is 5.10 Å². The molecule has 1 amide bonds. The van der Waals surface area contributed by atoms with Crippen LogP contribution in [0.25, 0.3) is 22.2 Å². The first-order chi connectivity index (χ1) is 13.6. The summed E-state index contributed by atoms with van der Waals surface area (Å²) in [6.07, 6.45) is 6.16. The molecule has 1 aromatic carbocycles. The van der Waals surface area contributed by atoms with E-state index in [-0.39, 0.29) is 10.8 Å². The van der Waals surface area contributed by atoms with Gasteiger partial charge in [-0.3, -0.25) is 14.5 Å². The van der Waals surface area contributed by atoms with Gasteiger partial charge >= 0.3 is 0 Å². The summed E-state index contributed by atoms with van der Waals surface area (Å²) < 4.78 is 2.16. The second kappa shape index (κ2) is 5.43. The van der Waals surface area contributed by atoms with Crippen molar-refractivity contribution in [2.75, 3.05) is 13.1 Å². The Balaban J connectivity index is 1.33. The zero-order valence-corrected chi connectivity index (χ0v) is 16.2. The summed E-state index contributed by atoms with van der Waals surface area (Å²) >= 11 is 0. The number of para-hydroxylation sites is 1. The van der Waals surface area contributed by atoms with Crippen molar-refractivity contribution in [1.82, 2.24) is 19.7 Å². The van der Waals surface area contributed by atoms with Crippen LogP contribution in [0.3, 0.4) is 0 Å². The Morgan fingerprint density at radius 1 is 1.07 bits per heavy atom. The van der Waals surface area contributed by atoms with Crippen LogP contribution in [0.5, 0.6) is 0 Å². The van der Waals surface area contributed by atoms with E-state index in [1.54, 1.807) is 0 Å². The average molecular weight is 372 g/mol. The zero-order chi connectivity index (χ0) is 18.9. The molecule has 1 unspecified atom stereocenters. The van der Waals surface area contributed by atoms with E-state index < -0.39 is 0 Å². The molecule has 4 heterocycles. The first-order valence-electron chi connectivity index (χ1n) is 10.3. The normalized spacial score (nSPS) is 24.8. The molecule has 0 N–H and O–H groups in total. The quantitative estimate of drug-likeness (QED) is 0.688. The number of aromatic nitrogens is 3. The molecular formula is C23H24N4O. The molecule has 1 aliphatic carbocycles. The minimum Gasteiger partial charge on any atom is -0.341 e. The number of rotatable bonds is 2. The highest BCUT2D eigenvalue weighted by Crippen LogP contribution is 2.50.